The lowest BCUT2D eigenvalue weighted by atomic mass is 9.94. The van der Waals surface area contributed by atoms with Crippen molar-refractivity contribution in [2.24, 2.45) is 0 Å². The summed E-state index contributed by atoms with van der Waals surface area (Å²) in [6.07, 6.45) is -0.561. The van der Waals surface area contributed by atoms with Crippen molar-refractivity contribution in [1.82, 2.24) is 5.32 Å². The third kappa shape index (κ3) is 5.59. The van der Waals surface area contributed by atoms with Crippen molar-refractivity contribution in [3.05, 3.63) is 72.3 Å². The molecule has 0 radical (unpaired) electrons. The Hall–Kier alpha value is -2.82. The number of benzene rings is 3. The molecule has 0 fully saturated rings. The van der Waals surface area contributed by atoms with Gasteiger partial charge in [-0.3, -0.25) is 5.32 Å². The number of rotatable bonds is 9. The minimum Gasteiger partial charge on any atom is -0.494 e. The zero-order valence-corrected chi connectivity index (χ0v) is 17.3. The first-order valence-corrected chi connectivity index (χ1v) is 10.1. The number of aliphatic hydroxyl groups excluding tert-OH is 1. The zero-order valence-electron chi connectivity index (χ0n) is 17.3. The first-order chi connectivity index (χ1) is 14.1. The van der Waals surface area contributed by atoms with Crippen LogP contribution < -0.4 is 14.8 Å². The van der Waals surface area contributed by atoms with Gasteiger partial charge < -0.3 is 14.6 Å². The molecule has 0 aliphatic rings. The molecular weight excluding hydrogens is 362 g/mol. The Kier molecular flexibility index (Phi) is 7.28. The van der Waals surface area contributed by atoms with E-state index in [0.29, 0.717) is 19.8 Å². The maximum Gasteiger partial charge on any atom is 0.119 e. The van der Waals surface area contributed by atoms with E-state index < -0.39 is 6.23 Å². The van der Waals surface area contributed by atoms with Gasteiger partial charge in [0.15, 0.2) is 0 Å². The van der Waals surface area contributed by atoms with Crippen molar-refractivity contribution >= 4 is 0 Å². The molecule has 0 saturated carbocycles. The highest BCUT2D eigenvalue weighted by molar-refractivity contribution is 5.76. The van der Waals surface area contributed by atoms with Crippen LogP contribution >= 0.6 is 0 Å². The number of aliphatic hydroxyl groups is 1. The van der Waals surface area contributed by atoms with Crippen molar-refractivity contribution in [3.8, 4) is 33.8 Å². The average Bonchev–Trinajstić information content (AvgIpc) is 2.74. The molecule has 0 heterocycles. The molecule has 1 atom stereocenters. The van der Waals surface area contributed by atoms with E-state index in [2.05, 4.69) is 47.8 Å². The van der Waals surface area contributed by atoms with E-state index in [1.54, 1.807) is 6.92 Å². The molecule has 3 rings (SSSR count). The van der Waals surface area contributed by atoms with Crippen LogP contribution in [0.4, 0.5) is 0 Å². The minimum atomic E-state index is -0.561. The first-order valence-electron chi connectivity index (χ1n) is 10.1. The molecule has 0 aliphatic carbocycles. The molecule has 2 N–H and O–H groups in total. The molecule has 152 valence electrons. The summed E-state index contributed by atoms with van der Waals surface area (Å²) in [5, 5.41) is 12.7. The van der Waals surface area contributed by atoms with E-state index in [1.165, 1.54) is 0 Å². The summed E-state index contributed by atoms with van der Waals surface area (Å²) in [5.41, 5.74) is 5.65. The van der Waals surface area contributed by atoms with Gasteiger partial charge >= 0.3 is 0 Å². The van der Waals surface area contributed by atoms with Crippen molar-refractivity contribution < 1.29 is 14.6 Å². The standard InChI is InChI=1S/C25H29NO3/c1-4-28-23-12-8-19(9-13-23)21-6-7-22(17-26-18(3)27)25(16-21)20-10-14-24(15-11-20)29-5-2/h6-16,18,26-27H,4-5,17H2,1-3H3. The van der Waals surface area contributed by atoms with Crippen LogP contribution in [0.1, 0.15) is 26.3 Å². The highest BCUT2D eigenvalue weighted by atomic mass is 16.5. The fourth-order valence-corrected chi connectivity index (χ4v) is 3.24. The monoisotopic (exact) mass is 391 g/mol. The molecule has 0 aromatic heterocycles. The fraction of sp³-hybridized carbons (Fsp3) is 0.280. The van der Waals surface area contributed by atoms with E-state index in [4.69, 9.17) is 9.47 Å². The van der Waals surface area contributed by atoms with Gasteiger partial charge in [-0.15, -0.1) is 0 Å². The van der Waals surface area contributed by atoms with Crippen LogP contribution in [0.25, 0.3) is 22.3 Å². The van der Waals surface area contributed by atoms with Gasteiger partial charge in [0.2, 0.25) is 0 Å². The summed E-state index contributed by atoms with van der Waals surface area (Å²) in [6, 6.07) is 22.7. The molecule has 3 aromatic carbocycles. The van der Waals surface area contributed by atoms with Crippen molar-refractivity contribution in [3.63, 3.8) is 0 Å². The second-order valence-corrected chi connectivity index (χ2v) is 6.84. The van der Waals surface area contributed by atoms with Crippen LogP contribution in [0.5, 0.6) is 11.5 Å². The maximum absolute atomic E-state index is 9.63. The third-order valence-corrected chi connectivity index (χ3v) is 4.67. The molecule has 29 heavy (non-hydrogen) atoms. The number of hydrogen-bond acceptors (Lipinski definition) is 4. The molecule has 0 spiro atoms. The first kappa shape index (κ1) is 20.9. The van der Waals surface area contributed by atoms with Gasteiger partial charge in [0.05, 0.1) is 13.2 Å². The highest BCUT2D eigenvalue weighted by Gasteiger charge is 2.10. The van der Waals surface area contributed by atoms with Crippen molar-refractivity contribution in [1.29, 1.82) is 0 Å². The average molecular weight is 392 g/mol. The minimum absolute atomic E-state index is 0.561. The predicted octanol–water partition coefficient (Wildman–Crippen LogP) is 5.25. The Morgan fingerprint density at radius 2 is 1.28 bits per heavy atom. The second-order valence-electron chi connectivity index (χ2n) is 6.84. The second kappa shape index (κ2) is 10.1. The maximum atomic E-state index is 9.63. The Bertz CT molecular complexity index is 902. The lowest BCUT2D eigenvalue weighted by Gasteiger charge is -2.15. The Morgan fingerprint density at radius 3 is 1.79 bits per heavy atom. The Morgan fingerprint density at radius 1 is 0.759 bits per heavy atom. The van der Waals surface area contributed by atoms with Gasteiger partial charge in [-0.05, 0) is 78.9 Å². The van der Waals surface area contributed by atoms with Gasteiger partial charge in [0.25, 0.3) is 0 Å². The summed E-state index contributed by atoms with van der Waals surface area (Å²) in [6.45, 7) is 7.59. The molecule has 0 bridgehead atoms. The Labute approximate surface area is 173 Å². The summed E-state index contributed by atoms with van der Waals surface area (Å²) >= 11 is 0. The van der Waals surface area contributed by atoms with Crippen LogP contribution in [0.3, 0.4) is 0 Å². The normalized spacial score (nSPS) is 11.9. The quantitative estimate of drug-likeness (QED) is 0.490. The van der Waals surface area contributed by atoms with Gasteiger partial charge in [-0.1, -0.05) is 36.4 Å². The number of hydrogen-bond donors (Lipinski definition) is 2. The highest BCUT2D eigenvalue weighted by Crippen LogP contribution is 2.31. The van der Waals surface area contributed by atoms with Gasteiger partial charge in [-0.25, -0.2) is 0 Å². The van der Waals surface area contributed by atoms with E-state index in [1.807, 2.05) is 38.1 Å². The van der Waals surface area contributed by atoms with E-state index >= 15 is 0 Å². The molecule has 4 heteroatoms. The number of nitrogens with one attached hydrogen (secondary N) is 1. The third-order valence-electron chi connectivity index (χ3n) is 4.67. The molecule has 0 saturated heterocycles. The van der Waals surface area contributed by atoms with Crippen LogP contribution in [-0.2, 0) is 6.54 Å². The zero-order chi connectivity index (χ0) is 20.6. The van der Waals surface area contributed by atoms with Gasteiger partial charge in [0.1, 0.15) is 17.7 Å². The lowest BCUT2D eigenvalue weighted by molar-refractivity contribution is 0.155. The van der Waals surface area contributed by atoms with Crippen molar-refractivity contribution in [2.75, 3.05) is 13.2 Å². The number of ether oxygens (including phenoxy) is 2. The van der Waals surface area contributed by atoms with Crippen LogP contribution in [-0.4, -0.2) is 24.5 Å². The van der Waals surface area contributed by atoms with Crippen molar-refractivity contribution in [2.45, 2.75) is 33.5 Å². The molecule has 4 nitrogen and oxygen atoms in total. The smallest absolute Gasteiger partial charge is 0.119 e. The SMILES string of the molecule is CCOc1ccc(-c2ccc(CNC(C)O)c(-c3ccc(OCC)cc3)c2)cc1. The summed E-state index contributed by atoms with van der Waals surface area (Å²) < 4.78 is 11.1. The van der Waals surface area contributed by atoms with Gasteiger partial charge in [-0.2, -0.15) is 0 Å². The van der Waals surface area contributed by atoms with Gasteiger partial charge in [0, 0.05) is 6.54 Å². The predicted molar refractivity (Wildman–Crippen MR) is 118 cm³/mol. The molecule has 1 unspecified atom stereocenters. The summed E-state index contributed by atoms with van der Waals surface area (Å²) in [7, 11) is 0. The summed E-state index contributed by atoms with van der Waals surface area (Å²) in [4.78, 5) is 0. The molecule has 0 amide bonds. The molecule has 3 aromatic rings. The largest absolute Gasteiger partial charge is 0.494 e. The van der Waals surface area contributed by atoms with E-state index in [-0.39, 0.29) is 0 Å². The van der Waals surface area contributed by atoms with Crippen LogP contribution in [0.2, 0.25) is 0 Å². The fourth-order valence-electron chi connectivity index (χ4n) is 3.24. The van der Waals surface area contributed by atoms with E-state index in [0.717, 1.165) is 39.3 Å². The topological polar surface area (TPSA) is 50.7 Å². The lowest BCUT2D eigenvalue weighted by Crippen LogP contribution is -2.24. The molecule has 0 aliphatic heterocycles. The van der Waals surface area contributed by atoms with Crippen LogP contribution in [0, 0.1) is 0 Å². The Balaban J connectivity index is 1.96. The summed E-state index contributed by atoms with van der Waals surface area (Å²) in [5.74, 6) is 1.74. The molecular formula is C25H29NO3. The van der Waals surface area contributed by atoms with E-state index in [9.17, 15) is 5.11 Å². The van der Waals surface area contributed by atoms with Crippen LogP contribution in [0.15, 0.2) is 66.7 Å².